The molecule has 2 heterocycles. The van der Waals surface area contributed by atoms with Crippen LogP contribution in [0.1, 0.15) is 16.8 Å². The van der Waals surface area contributed by atoms with E-state index in [1.165, 1.54) is 11.8 Å². The van der Waals surface area contributed by atoms with Crippen LogP contribution in [0.3, 0.4) is 0 Å². The topological polar surface area (TPSA) is 87.3 Å². The molecule has 2 aromatic carbocycles. The molecule has 0 spiro atoms. The lowest BCUT2D eigenvalue weighted by molar-refractivity contribution is -0.113. The largest absolute Gasteiger partial charge is 0.496 e. The van der Waals surface area contributed by atoms with Crippen molar-refractivity contribution < 1.29 is 9.53 Å². The Morgan fingerprint density at radius 3 is 2.81 bits per heavy atom. The number of thioether (sulfide) groups is 1. The number of nitrogens with zero attached hydrogens (tertiary/aromatic N) is 2. The van der Waals surface area contributed by atoms with Crippen molar-refractivity contribution in [2.24, 2.45) is 0 Å². The third kappa shape index (κ3) is 5.51. The number of rotatable bonds is 7. The zero-order chi connectivity index (χ0) is 22.5. The monoisotopic (exact) mass is 470 g/mol. The molecule has 0 aliphatic carbocycles. The minimum atomic E-state index is -0.180. The molecule has 0 fully saturated rings. The van der Waals surface area contributed by atoms with Crippen LogP contribution in [0.5, 0.6) is 5.75 Å². The highest BCUT2D eigenvalue weighted by Crippen LogP contribution is 2.23. The average molecular weight is 471 g/mol. The van der Waals surface area contributed by atoms with Crippen molar-refractivity contribution in [2.75, 3.05) is 24.7 Å². The molecule has 7 nitrogen and oxygen atoms in total. The van der Waals surface area contributed by atoms with Gasteiger partial charge in [-0.25, -0.2) is 4.98 Å². The number of amides is 1. The number of para-hydroxylation sites is 1. The summed E-state index contributed by atoms with van der Waals surface area (Å²) in [5.41, 5.74) is 3.08. The Balaban J connectivity index is 1.38. The zero-order valence-corrected chi connectivity index (χ0v) is 19.1. The molecule has 0 radical (unpaired) electrons. The van der Waals surface area contributed by atoms with Crippen LogP contribution in [-0.4, -0.2) is 40.2 Å². The van der Waals surface area contributed by atoms with Gasteiger partial charge in [0, 0.05) is 42.3 Å². The molecule has 1 aliphatic rings. The van der Waals surface area contributed by atoms with E-state index in [1.54, 1.807) is 31.4 Å². The summed E-state index contributed by atoms with van der Waals surface area (Å²) in [6, 6.07) is 14.8. The number of aromatic nitrogens is 2. The second-order valence-corrected chi connectivity index (χ2v) is 8.81. The number of carbonyl (C=O) groups excluding carboxylic acids is 1. The Bertz CT molecular complexity index is 1170. The fourth-order valence-corrected chi connectivity index (χ4v) is 4.41. The smallest absolute Gasteiger partial charge is 0.256 e. The summed E-state index contributed by atoms with van der Waals surface area (Å²) in [5.74, 6) is 0.805. The van der Waals surface area contributed by atoms with Gasteiger partial charge in [-0.3, -0.25) is 14.5 Å². The number of methoxy groups -OCH3 is 1. The maximum atomic E-state index is 12.7. The summed E-state index contributed by atoms with van der Waals surface area (Å²) < 4.78 is 5.44. The van der Waals surface area contributed by atoms with Crippen molar-refractivity contribution in [3.8, 4) is 5.75 Å². The highest BCUT2D eigenvalue weighted by Gasteiger charge is 2.22. The lowest BCUT2D eigenvalue weighted by atomic mass is 10.1. The van der Waals surface area contributed by atoms with Crippen LogP contribution in [0.2, 0.25) is 5.02 Å². The molecule has 0 atom stereocenters. The molecule has 4 rings (SSSR count). The molecule has 32 heavy (non-hydrogen) atoms. The van der Waals surface area contributed by atoms with Gasteiger partial charge in [-0.2, -0.15) is 0 Å². The Hall–Kier alpha value is -2.81. The van der Waals surface area contributed by atoms with Gasteiger partial charge in [0.2, 0.25) is 5.91 Å². The number of hydrogen-bond acceptors (Lipinski definition) is 6. The average Bonchev–Trinajstić information content (AvgIpc) is 2.80. The third-order valence-corrected chi connectivity index (χ3v) is 6.31. The minimum Gasteiger partial charge on any atom is -0.496 e. The molecule has 1 aliphatic heterocycles. The summed E-state index contributed by atoms with van der Waals surface area (Å²) in [4.78, 5) is 34.5. The van der Waals surface area contributed by atoms with Gasteiger partial charge in [0.25, 0.3) is 5.56 Å². The summed E-state index contributed by atoms with van der Waals surface area (Å²) in [6.45, 7) is 2.02. The van der Waals surface area contributed by atoms with Crippen LogP contribution < -0.4 is 15.6 Å². The SMILES string of the molecule is COc1ccccc1CN1CCc2nc(SCC(=O)Nc3ccc(Cl)cc3)[nH]c(=O)c2C1. The fraction of sp³-hybridized carbons (Fsp3) is 0.261. The van der Waals surface area contributed by atoms with Gasteiger partial charge in [-0.05, 0) is 30.3 Å². The molecular formula is C23H23ClN4O3S. The van der Waals surface area contributed by atoms with Crippen molar-refractivity contribution in [3.05, 3.63) is 80.7 Å². The molecule has 0 unspecified atom stereocenters. The fourth-order valence-electron chi connectivity index (χ4n) is 3.60. The van der Waals surface area contributed by atoms with E-state index >= 15 is 0 Å². The molecule has 1 amide bonds. The number of hydrogen-bond donors (Lipinski definition) is 2. The number of fused-ring (bicyclic) bond motifs is 1. The van der Waals surface area contributed by atoms with E-state index < -0.39 is 0 Å². The van der Waals surface area contributed by atoms with E-state index in [0.717, 1.165) is 23.6 Å². The molecular weight excluding hydrogens is 448 g/mol. The van der Waals surface area contributed by atoms with E-state index in [9.17, 15) is 9.59 Å². The number of carbonyl (C=O) groups is 1. The first-order valence-corrected chi connectivity index (χ1v) is 11.5. The quantitative estimate of drug-likeness (QED) is 0.404. The van der Waals surface area contributed by atoms with E-state index in [1.807, 2.05) is 24.3 Å². The summed E-state index contributed by atoms with van der Waals surface area (Å²) in [5, 5.41) is 3.86. The normalized spacial score (nSPS) is 13.4. The number of benzene rings is 2. The Morgan fingerprint density at radius 2 is 2.03 bits per heavy atom. The van der Waals surface area contributed by atoms with Gasteiger partial charge in [-0.15, -0.1) is 0 Å². The number of H-pyrrole nitrogens is 1. The number of aromatic amines is 1. The number of anilines is 1. The maximum Gasteiger partial charge on any atom is 0.256 e. The molecule has 0 saturated carbocycles. The number of halogens is 1. The van der Waals surface area contributed by atoms with Crippen molar-refractivity contribution in [3.63, 3.8) is 0 Å². The Morgan fingerprint density at radius 1 is 1.25 bits per heavy atom. The van der Waals surface area contributed by atoms with Crippen molar-refractivity contribution in [1.29, 1.82) is 0 Å². The van der Waals surface area contributed by atoms with Gasteiger partial charge in [0.05, 0.1) is 24.1 Å². The van der Waals surface area contributed by atoms with Crippen LogP contribution in [0.15, 0.2) is 58.5 Å². The standard InChI is InChI=1S/C23H23ClN4O3S/c1-31-20-5-3-2-4-15(20)12-28-11-10-19-18(13-28)22(30)27-23(26-19)32-14-21(29)25-17-8-6-16(24)7-9-17/h2-9H,10-14H2,1H3,(H,25,29)(H,26,27,30). The molecule has 3 aromatic rings. The molecule has 0 saturated heterocycles. The second-order valence-electron chi connectivity index (χ2n) is 7.41. The van der Waals surface area contributed by atoms with Crippen LogP contribution in [0, 0.1) is 0 Å². The molecule has 9 heteroatoms. The summed E-state index contributed by atoms with van der Waals surface area (Å²) in [7, 11) is 1.66. The number of nitrogens with one attached hydrogen (secondary N) is 2. The van der Waals surface area contributed by atoms with Gasteiger partial charge < -0.3 is 15.0 Å². The van der Waals surface area contributed by atoms with E-state index in [2.05, 4.69) is 20.2 Å². The first-order valence-electron chi connectivity index (χ1n) is 10.2. The molecule has 166 valence electrons. The summed E-state index contributed by atoms with van der Waals surface area (Å²) >= 11 is 7.07. The predicted octanol–water partition coefficient (Wildman–Crippen LogP) is 3.72. The van der Waals surface area contributed by atoms with E-state index in [0.29, 0.717) is 40.9 Å². The van der Waals surface area contributed by atoms with E-state index in [-0.39, 0.29) is 17.2 Å². The third-order valence-electron chi connectivity index (χ3n) is 5.18. The van der Waals surface area contributed by atoms with Gasteiger partial charge in [0.15, 0.2) is 5.16 Å². The molecule has 1 aromatic heterocycles. The van der Waals surface area contributed by atoms with Crippen molar-refractivity contribution >= 4 is 35.0 Å². The van der Waals surface area contributed by atoms with Crippen LogP contribution in [-0.2, 0) is 24.3 Å². The highest BCUT2D eigenvalue weighted by molar-refractivity contribution is 7.99. The minimum absolute atomic E-state index is 0.143. The lowest BCUT2D eigenvalue weighted by Crippen LogP contribution is -2.35. The molecule has 2 N–H and O–H groups in total. The van der Waals surface area contributed by atoms with Gasteiger partial charge in [0.1, 0.15) is 5.75 Å². The van der Waals surface area contributed by atoms with Gasteiger partial charge in [-0.1, -0.05) is 41.6 Å². The zero-order valence-electron chi connectivity index (χ0n) is 17.6. The predicted molar refractivity (Wildman–Crippen MR) is 126 cm³/mol. The van der Waals surface area contributed by atoms with Crippen LogP contribution in [0.25, 0.3) is 0 Å². The van der Waals surface area contributed by atoms with E-state index in [4.69, 9.17) is 16.3 Å². The molecule has 0 bridgehead atoms. The first-order chi connectivity index (χ1) is 15.5. The van der Waals surface area contributed by atoms with Crippen molar-refractivity contribution in [1.82, 2.24) is 14.9 Å². The second kappa shape index (κ2) is 10.2. The Kier molecular flexibility index (Phi) is 7.14. The van der Waals surface area contributed by atoms with Gasteiger partial charge >= 0.3 is 0 Å². The van der Waals surface area contributed by atoms with Crippen molar-refractivity contribution in [2.45, 2.75) is 24.7 Å². The first kappa shape index (κ1) is 22.4. The Labute approximate surface area is 195 Å². The summed E-state index contributed by atoms with van der Waals surface area (Å²) in [6.07, 6.45) is 0.679. The van der Waals surface area contributed by atoms with Crippen LogP contribution >= 0.6 is 23.4 Å². The van der Waals surface area contributed by atoms with Crippen LogP contribution in [0.4, 0.5) is 5.69 Å². The maximum absolute atomic E-state index is 12.7. The number of ether oxygens (including phenoxy) is 1. The highest BCUT2D eigenvalue weighted by atomic mass is 35.5. The lowest BCUT2D eigenvalue weighted by Gasteiger charge is -2.28.